The average Bonchev–Trinajstić information content (AvgIpc) is 3.64. The third-order valence-corrected chi connectivity index (χ3v) is 8.69. The maximum atomic E-state index is 12.1. The summed E-state index contributed by atoms with van der Waals surface area (Å²) >= 11 is 1.70. The molecule has 49 heavy (non-hydrogen) atoms. The highest BCUT2D eigenvalue weighted by molar-refractivity contribution is 7.12. The van der Waals surface area contributed by atoms with Gasteiger partial charge >= 0.3 is 0 Å². The number of unbranched alkanes of at least 4 members (excludes halogenated alkanes) is 1. The molecule has 1 aliphatic heterocycles. The van der Waals surface area contributed by atoms with Gasteiger partial charge in [0, 0.05) is 38.0 Å². The van der Waals surface area contributed by atoms with Gasteiger partial charge in [0.1, 0.15) is 10.0 Å². The maximum Gasteiger partial charge on any atom is 0.227 e. The van der Waals surface area contributed by atoms with Crippen molar-refractivity contribution in [2.45, 2.75) is 142 Å². The molecule has 0 spiro atoms. The SMILES string of the molecule is C.CC.CC.CC=C(C)c1nnc(CCc2ccc(C)cc2)s1.CCC.CCCCN(CCC)CC1=CC=C(N2CC(C)CC2=O)CC=C1. The monoisotopic (exact) mass is 695 g/mol. The van der Waals surface area contributed by atoms with Gasteiger partial charge in [-0.05, 0) is 81.8 Å². The number of aryl methyl sites for hydroxylation is 3. The Morgan fingerprint density at radius 3 is 2.18 bits per heavy atom. The molecule has 1 aliphatic carbocycles. The van der Waals surface area contributed by atoms with Crippen LogP contribution in [0.1, 0.15) is 143 Å². The van der Waals surface area contributed by atoms with Crippen LogP contribution in [-0.4, -0.2) is 52.1 Å². The molecule has 4 rings (SSSR count). The van der Waals surface area contributed by atoms with Crippen molar-refractivity contribution in [3.05, 3.63) is 87.1 Å². The fraction of sp³-hybridized carbons (Fsp3) is 0.605. The van der Waals surface area contributed by atoms with Gasteiger partial charge in [-0.3, -0.25) is 9.69 Å². The lowest BCUT2D eigenvalue weighted by molar-refractivity contribution is -0.126. The van der Waals surface area contributed by atoms with E-state index < -0.39 is 0 Å². The Bertz CT molecular complexity index is 1240. The number of nitrogens with zero attached hydrogens (tertiary/aromatic N) is 4. The Morgan fingerprint density at radius 2 is 1.63 bits per heavy atom. The number of carbonyl (C=O) groups is 1. The van der Waals surface area contributed by atoms with E-state index in [1.165, 1.54) is 54.5 Å². The molecule has 2 aromatic rings. The van der Waals surface area contributed by atoms with Crippen LogP contribution in [0.25, 0.3) is 5.57 Å². The van der Waals surface area contributed by atoms with E-state index in [-0.39, 0.29) is 13.3 Å². The van der Waals surface area contributed by atoms with Crippen molar-refractivity contribution < 1.29 is 4.79 Å². The number of hydrogen-bond acceptors (Lipinski definition) is 5. The fourth-order valence-corrected chi connectivity index (χ4v) is 5.87. The molecule has 0 radical (unpaired) electrons. The van der Waals surface area contributed by atoms with E-state index in [1.54, 1.807) is 11.3 Å². The quantitative estimate of drug-likeness (QED) is 0.222. The van der Waals surface area contributed by atoms with E-state index in [1.807, 2.05) is 39.5 Å². The first-order valence-corrected chi connectivity index (χ1v) is 19.7. The van der Waals surface area contributed by atoms with Crippen LogP contribution in [0.2, 0.25) is 0 Å². The Hall–Kier alpha value is -2.83. The second-order valence-electron chi connectivity index (χ2n) is 12.1. The topological polar surface area (TPSA) is 49.3 Å². The van der Waals surface area contributed by atoms with Crippen LogP contribution >= 0.6 is 11.3 Å². The molecule has 278 valence electrons. The van der Waals surface area contributed by atoms with Gasteiger partial charge in [-0.15, -0.1) is 10.2 Å². The number of hydrogen-bond donors (Lipinski definition) is 0. The molecule has 1 aromatic heterocycles. The van der Waals surface area contributed by atoms with Crippen LogP contribution in [0.5, 0.6) is 0 Å². The second kappa shape index (κ2) is 30.0. The molecule has 1 saturated heterocycles. The molecule has 2 aliphatic rings. The van der Waals surface area contributed by atoms with Crippen LogP contribution in [-0.2, 0) is 17.6 Å². The van der Waals surface area contributed by atoms with Crippen molar-refractivity contribution in [3.8, 4) is 0 Å². The maximum absolute atomic E-state index is 12.1. The van der Waals surface area contributed by atoms with Gasteiger partial charge in [-0.2, -0.15) is 0 Å². The molecule has 1 amide bonds. The van der Waals surface area contributed by atoms with E-state index in [2.05, 4.69) is 118 Å². The number of amides is 1. The van der Waals surface area contributed by atoms with E-state index >= 15 is 0 Å². The molecular weight excluding hydrogens is 621 g/mol. The molecule has 0 saturated carbocycles. The Morgan fingerprint density at radius 1 is 0.980 bits per heavy atom. The van der Waals surface area contributed by atoms with E-state index in [4.69, 9.17) is 0 Å². The summed E-state index contributed by atoms with van der Waals surface area (Å²) in [5.41, 5.74) is 6.38. The minimum Gasteiger partial charge on any atom is -0.316 e. The third-order valence-electron chi connectivity index (χ3n) is 7.57. The minimum atomic E-state index is 0. The molecule has 0 bridgehead atoms. The zero-order valence-corrected chi connectivity index (χ0v) is 33.7. The number of allylic oxidation sites excluding steroid dienone is 5. The van der Waals surface area contributed by atoms with Crippen molar-refractivity contribution >= 4 is 22.8 Å². The van der Waals surface area contributed by atoms with Crippen molar-refractivity contribution in [2.24, 2.45) is 5.92 Å². The summed E-state index contributed by atoms with van der Waals surface area (Å²) in [6.07, 6.45) is 19.4. The van der Waals surface area contributed by atoms with Gasteiger partial charge in [-0.25, -0.2) is 0 Å². The lowest BCUT2D eigenvalue weighted by atomic mass is 10.1. The number of benzene rings is 1. The average molecular weight is 695 g/mol. The molecule has 2 heterocycles. The first kappa shape index (κ1) is 48.3. The molecule has 1 unspecified atom stereocenters. The number of rotatable bonds is 12. The highest BCUT2D eigenvalue weighted by atomic mass is 32.1. The Labute approximate surface area is 307 Å². The number of likely N-dealkylation sites (tertiary alicyclic amines) is 1. The number of carbonyl (C=O) groups excluding carboxylic acids is 1. The summed E-state index contributed by atoms with van der Waals surface area (Å²) in [6.45, 7) is 29.3. The van der Waals surface area contributed by atoms with Crippen LogP contribution in [0.3, 0.4) is 0 Å². The van der Waals surface area contributed by atoms with Crippen molar-refractivity contribution in [1.29, 1.82) is 0 Å². The van der Waals surface area contributed by atoms with Gasteiger partial charge in [0.2, 0.25) is 5.91 Å². The molecule has 1 aromatic carbocycles. The van der Waals surface area contributed by atoms with Crippen LogP contribution in [0.4, 0.5) is 0 Å². The molecule has 1 atom stereocenters. The Balaban J connectivity index is 0. The minimum absolute atomic E-state index is 0. The van der Waals surface area contributed by atoms with Gasteiger partial charge in [0.15, 0.2) is 0 Å². The molecular formula is C43H74N4OS. The summed E-state index contributed by atoms with van der Waals surface area (Å²) < 4.78 is 0. The van der Waals surface area contributed by atoms with E-state index in [9.17, 15) is 4.79 Å². The summed E-state index contributed by atoms with van der Waals surface area (Å²) in [4.78, 5) is 16.6. The predicted molar refractivity (Wildman–Crippen MR) is 220 cm³/mol. The third kappa shape index (κ3) is 19.8. The lowest BCUT2D eigenvalue weighted by Crippen LogP contribution is -2.27. The first-order valence-electron chi connectivity index (χ1n) is 18.8. The van der Waals surface area contributed by atoms with Gasteiger partial charge in [0.25, 0.3) is 0 Å². The van der Waals surface area contributed by atoms with Gasteiger partial charge in [0.05, 0.1) is 0 Å². The second-order valence-corrected chi connectivity index (χ2v) is 13.2. The molecule has 5 nitrogen and oxygen atoms in total. The van der Waals surface area contributed by atoms with Crippen molar-refractivity contribution in [3.63, 3.8) is 0 Å². The van der Waals surface area contributed by atoms with Gasteiger partial charge < -0.3 is 4.90 Å². The van der Waals surface area contributed by atoms with Crippen molar-refractivity contribution in [1.82, 2.24) is 20.0 Å². The predicted octanol–water partition coefficient (Wildman–Crippen LogP) is 12.3. The van der Waals surface area contributed by atoms with Crippen LogP contribution in [0.15, 0.2) is 65.9 Å². The molecule has 1 fully saturated rings. The zero-order valence-electron chi connectivity index (χ0n) is 32.9. The molecule has 0 N–H and O–H groups in total. The highest BCUT2D eigenvalue weighted by Crippen LogP contribution is 2.25. The van der Waals surface area contributed by atoms with Crippen LogP contribution in [0, 0.1) is 12.8 Å². The summed E-state index contributed by atoms with van der Waals surface area (Å²) in [6, 6.07) is 8.69. The summed E-state index contributed by atoms with van der Waals surface area (Å²) in [5.74, 6) is 0.762. The normalized spacial score (nSPS) is 15.1. The van der Waals surface area contributed by atoms with E-state index in [0.29, 0.717) is 12.3 Å². The van der Waals surface area contributed by atoms with Crippen LogP contribution < -0.4 is 0 Å². The highest BCUT2D eigenvalue weighted by Gasteiger charge is 2.28. The first-order chi connectivity index (χ1) is 23.2. The van der Waals surface area contributed by atoms with Crippen molar-refractivity contribution in [2.75, 3.05) is 26.2 Å². The summed E-state index contributed by atoms with van der Waals surface area (Å²) in [7, 11) is 0. The number of aromatic nitrogens is 2. The largest absolute Gasteiger partial charge is 0.316 e. The zero-order chi connectivity index (χ0) is 36.3. The standard InChI is InChI=1S/C20H32N2O.C15H18N2S.C3H8.2C2H6.CH4/c1-4-6-13-21(12-5-2)16-18-8-7-9-19(11-10-18)22-15-17(3)14-20(22)23;1-4-12(3)15-17-16-14(18-15)10-9-13-7-5-11(2)6-8-13;1-3-2;2*1-2;/h7-8,10-11,17H,4-6,9,12-16H2,1-3H3;4-8H,9-10H2,1-3H3;3H2,1-2H3;2*1-2H3;1H4. The lowest BCUT2D eigenvalue weighted by Gasteiger charge is -2.21. The van der Waals surface area contributed by atoms with E-state index in [0.717, 1.165) is 54.6 Å². The molecule has 6 heteroatoms. The smallest absolute Gasteiger partial charge is 0.227 e. The fourth-order valence-electron chi connectivity index (χ4n) is 5.00. The Kier molecular flexibility index (Phi) is 29.6. The van der Waals surface area contributed by atoms with Gasteiger partial charge in [-0.1, -0.05) is 148 Å². The summed E-state index contributed by atoms with van der Waals surface area (Å²) in [5, 5.41) is 10.6.